The normalized spacial score (nSPS) is 16.9. The Morgan fingerprint density at radius 1 is 1.24 bits per heavy atom. The maximum atomic E-state index is 13.1. The number of carbonyl (C=O) groups is 2. The predicted octanol–water partition coefficient (Wildman–Crippen LogP) is 2.72. The first-order valence-electron chi connectivity index (χ1n) is 7.94. The number of hydrogen-bond donors (Lipinski definition) is 1. The van der Waals surface area contributed by atoms with Gasteiger partial charge in [0.25, 0.3) is 5.91 Å². The Labute approximate surface area is 147 Å². The van der Waals surface area contributed by atoms with Crippen LogP contribution in [0.25, 0.3) is 10.1 Å². The average molecular weight is 356 g/mol. The SMILES string of the molecule is Cc1nnc2n1CCN(C(=O)c1sc3ccccc3c1C(=O)O)C2C. The van der Waals surface area contributed by atoms with E-state index >= 15 is 0 Å². The lowest BCUT2D eigenvalue weighted by Gasteiger charge is -2.33. The van der Waals surface area contributed by atoms with Gasteiger partial charge in [-0.2, -0.15) is 0 Å². The van der Waals surface area contributed by atoms with E-state index in [2.05, 4.69) is 10.2 Å². The van der Waals surface area contributed by atoms with Crippen LogP contribution in [-0.2, 0) is 6.54 Å². The molecular formula is C17H16N4O3S. The van der Waals surface area contributed by atoms with Gasteiger partial charge < -0.3 is 14.6 Å². The van der Waals surface area contributed by atoms with Gasteiger partial charge in [0.05, 0.1) is 11.6 Å². The molecule has 1 N–H and O–H groups in total. The fraction of sp³-hybridized carbons (Fsp3) is 0.294. The quantitative estimate of drug-likeness (QED) is 0.763. The minimum Gasteiger partial charge on any atom is -0.478 e. The molecule has 0 saturated carbocycles. The standard InChI is InChI=1S/C17H16N4O3S/c1-9-15-19-18-10(2)21(15)8-7-20(9)16(22)14-13(17(23)24)11-5-3-4-6-12(11)25-14/h3-6,9H,7-8H2,1-2H3,(H,23,24). The van der Waals surface area contributed by atoms with Crippen LogP contribution in [0.3, 0.4) is 0 Å². The highest BCUT2D eigenvalue weighted by atomic mass is 32.1. The van der Waals surface area contributed by atoms with Gasteiger partial charge in [-0.1, -0.05) is 18.2 Å². The van der Waals surface area contributed by atoms with E-state index in [0.29, 0.717) is 18.5 Å². The minimum absolute atomic E-state index is 0.0843. The largest absolute Gasteiger partial charge is 0.478 e. The lowest BCUT2D eigenvalue weighted by atomic mass is 10.1. The first-order chi connectivity index (χ1) is 12.0. The summed E-state index contributed by atoms with van der Waals surface area (Å²) in [4.78, 5) is 26.9. The van der Waals surface area contributed by atoms with Gasteiger partial charge in [0.15, 0.2) is 5.82 Å². The first-order valence-corrected chi connectivity index (χ1v) is 8.76. The first kappa shape index (κ1) is 15.8. The van der Waals surface area contributed by atoms with Gasteiger partial charge in [-0.05, 0) is 19.9 Å². The van der Waals surface area contributed by atoms with Crippen molar-refractivity contribution in [1.82, 2.24) is 19.7 Å². The van der Waals surface area contributed by atoms with E-state index in [9.17, 15) is 14.7 Å². The van der Waals surface area contributed by atoms with E-state index in [1.807, 2.05) is 30.5 Å². The maximum absolute atomic E-state index is 13.1. The van der Waals surface area contributed by atoms with Crippen LogP contribution in [0.5, 0.6) is 0 Å². The Kier molecular flexibility index (Phi) is 3.57. The van der Waals surface area contributed by atoms with E-state index < -0.39 is 5.97 Å². The van der Waals surface area contributed by atoms with Crippen molar-refractivity contribution in [3.8, 4) is 0 Å². The number of aromatic carboxylic acids is 1. The summed E-state index contributed by atoms with van der Waals surface area (Å²) in [5.41, 5.74) is 0.0843. The molecule has 3 aromatic rings. The molecule has 3 heterocycles. The number of thiophene rings is 1. The second-order valence-electron chi connectivity index (χ2n) is 6.04. The van der Waals surface area contributed by atoms with Crippen molar-refractivity contribution >= 4 is 33.3 Å². The van der Waals surface area contributed by atoms with Gasteiger partial charge in [-0.3, -0.25) is 4.79 Å². The van der Waals surface area contributed by atoms with E-state index in [0.717, 1.165) is 16.3 Å². The molecule has 25 heavy (non-hydrogen) atoms. The fourth-order valence-corrected chi connectivity index (χ4v) is 4.49. The van der Waals surface area contributed by atoms with Crippen LogP contribution in [-0.4, -0.2) is 43.2 Å². The predicted molar refractivity (Wildman–Crippen MR) is 93.0 cm³/mol. The van der Waals surface area contributed by atoms with Crippen LogP contribution in [0, 0.1) is 6.92 Å². The third kappa shape index (κ3) is 2.32. The summed E-state index contributed by atoms with van der Waals surface area (Å²) < 4.78 is 2.80. The van der Waals surface area contributed by atoms with Crippen LogP contribution in [0.1, 0.15) is 44.6 Å². The number of fused-ring (bicyclic) bond motifs is 2. The van der Waals surface area contributed by atoms with Crippen molar-refractivity contribution in [1.29, 1.82) is 0 Å². The Morgan fingerprint density at radius 3 is 2.76 bits per heavy atom. The third-order valence-corrected chi connectivity index (χ3v) is 5.79. The van der Waals surface area contributed by atoms with Gasteiger partial charge in [0.1, 0.15) is 10.7 Å². The molecular weight excluding hydrogens is 340 g/mol. The number of aryl methyl sites for hydroxylation is 1. The number of benzene rings is 1. The molecule has 0 saturated heterocycles. The second-order valence-corrected chi connectivity index (χ2v) is 7.09. The van der Waals surface area contributed by atoms with Crippen molar-refractivity contribution in [3.63, 3.8) is 0 Å². The van der Waals surface area contributed by atoms with Crippen LogP contribution in [0.2, 0.25) is 0 Å². The van der Waals surface area contributed by atoms with Crippen molar-refractivity contribution in [2.24, 2.45) is 0 Å². The number of carboxylic acid groups (broad SMARTS) is 1. The molecule has 1 aliphatic rings. The lowest BCUT2D eigenvalue weighted by Crippen LogP contribution is -2.41. The molecule has 1 unspecified atom stereocenters. The van der Waals surface area contributed by atoms with Gasteiger partial charge in [-0.15, -0.1) is 21.5 Å². The molecule has 8 heteroatoms. The average Bonchev–Trinajstić information content (AvgIpc) is 3.16. The number of carboxylic acids is 1. The smallest absolute Gasteiger partial charge is 0.338 e. The molecule has 7 nitrogen and oxygen atoms in total. The van der Waals surface area contributed by atoms with Crippen molar-refractivity contribution in [2.45, 2.75) is 26.4 Å². The Morgan fingerprint density at radius 2 is 2.00 bits per heavy atom. The minimum atomic E-state index is -1.08. The Hall–Kier alpha value is -2.74. The molecule has 1 amide bonds. The molecule has 4 rings (SSSR count). The van der Waals surface area contributed by atoms with Crippen LogP contribution in [0.4, 0.5) is 0 Å². The van der Waals surface area contributed by atoms with Gasteiger partial charge in [0.2, 0.25) is 0 Å². The lowest BCUT2D eigenvalue weighted by molar-refractivity contribution is 0.0621. The van der Waals surface area contributed by atoms with Crippen molar-refractivity contribution in [3.05, 3.63) is 46.4 Å². The number of hydrogen-bond acceptors (Lipinski definition) is 5. The summed E-state index contributed by atoms with van der Waals surface area (Å²) in [5, 5.41) is 18.5. The number of nitrogens with zero attached hydrogens (tertiary/aromatic N) is 4. The molecule has 0 fully saturated rings. The summed E-state index contributed by atoms with van der Waals surface area (Å²) >= 11 is 1.23. The summed E-state index contributed by atoms with van der Waals surface area (Å²) in [6.07, 6.45) is 0. The topological polar surface area (TPSA) is 88.3 Å². The molecule has 1 aliphatic heterocycles. The highest BCUT2D eigenvalue weighted by Gasteiger charge is 2.34. The zero-order chi connectivity index (χ0) is 17.7. The number of amides is 1. The zero-order valence-corrected chi connectivity index (χ0v) is 14.6. The van der Waals surface area contributed by atoms with Crippen LogP contribution < -0.4 is 0 Å². The Bertz CT molecular complexity index is 1010. The summed E-state index contributed by atoms with van der Waals surface area (Å²) in [7, 11) is 0. The Balaban J connectivity index is 1.78. The van der Waals surface area contributed by atoms with Gasteiger partial charge in [0, 0.05) is 23.2 Å². The summed E-state index contributed by atoms with van der Waals surface area (Å²) in [6.45, 7) is 4.89. The molecule has 0 spiro atoms. The molecule has 2 aromatic heterocycles. The van der Waals surface area contributed by atoms with E-state index in [4.69, 9.17) is 0 Å². The second kappa shape index (κ2) is 5.66. The van der Waals surface area contributed by atoms with Crippen LogP contribution >= 0.6 is 11.3 Å². The molecule has 0 bridgehead atoms. The summed E-state index contributed by atoms with van der Waals surface area (Å²) in [5.74, 6) is 0.208. The third-order valence-electron chi connectivity index (χ3n) is 4.63. The number of rotatable bonds is 2. The molecule has 1 aromatic carbocycles. The molecule has 128 valence electrons. The maximum Gasteiger partial charge on any atom is 0.338 e. The van der Waals surface area contributed by atoms with E-state index in [1.54, 1.807) is 17.0 Å². The molecule has 0 aliphatic carbocycles. The molecule has 0 radical (unpaired) electrons. The fourth-order valence-electron chi connectivity index (χ4n) is 3.34. The van der Waals surface area contributed by atoms with E-state index in [-0.39, 0.29) is 22.4 Å². The number of carbonyl (C=O) groups excluding carboxylic acids is 1. The van der Waals surface area contributed by atoms with Crippen LogP contribution in [0.15, 0.2) is 24.3 Å². The highest BCUT2D eigenvalue weighted by molar-refractivity contribution is 7.21. The van der Waals surface area contributed by atoms with Gasteiger partial charge >= 0.3 is 5.97 Å². The number of aromatic nitrogens is 3. The van der Waals surface area contributed by atoms with Gasteiger partial charge in [-0.25, -0.2) is 4.79 Å². The highest BCUT2D eigenvalue weighted by Crippen LogP contribution is 2.34. The zero-order valence-electron chi connectivity index (χ0n) is 13.8. The van der Waals surface area contributed by atoms with E-state index in [1.165, 1.54) is 11.3 Å². The van der Waals surface area contributed by atoms with Crippen molar-refractivity contribution < 1.29 is 14.7 Å². The molecule has 1 atom stereocenters. The monoisotopic (exact) mass is 356 g/mol. The van der Waals surface area contributed by atoms with Crippen molar-refractivity contribution in [2.75, 3.05) is 6.54 Å². The summed E-state index contributed by atoms with van der Waals surface area (Å²) in [6, 6.07) is 6.95.